The van der Waals surface area contributed by atoms with Crippen molar-refractivity contribution in [3.8, 4) is 5.75 Å². The van der Waals surface area contributed by atoms with E-state index in [0.29, 0.717) is 6.42 Å². The van der Waals surface area contributed by atoms with Crippen LogP contribution in [-0.4, -0.2) is 21.8 Å². The summed E-state index contributed by atoms with van der Waals surface area (Å²) in [6.45, 7) is 0. The molecule has 1 aliphatic carbocycles. The number of fused-ring (bicyclic) bond motifs is 2. The van der Waals surface area contributed by atoms with Crippen LogP contribution in [0.5, 0.6) is 5.75 Å². The number of hydrogen-bond acceptors (Lipinski definition) is 3. The Morgan fingerprint density at radius 3 is 3.14 bits per heavy atom. The lowest BCUT2D eigenvalue weighted by Crippen LogP contribution is -2.40. The third-order valence-corrected chi connectivity index (χ3v) is 4.63. The zero-order valence-corrected chi connectivity index (χ0v) is 12.6. The van der Waals surface area contributed by atoms with E-state index in [9.17, 15) is 4.79 Å². The molecule has 0 radical (unpaired) electrons. The highest BCUT2D eigenvalue weighted by atomic mass is 16.5. The summed E-state index contributed by atoms with van der Waals surface area (Å²) in [6, 6.07) is 7.90. The van der Waals surface area contributed by atoms with Crippen LogP contribution in [0.3, 0.4) is 0 Å². The maximum absolute atomic E-state index is 12.5. The van der Waals surface area contributed by atoms with Gasteiger partial charge >= 0.3 is 0 Å². The Kier molecular flexibility index (Phi) is 3.13. The Hall–Kier alpha value is -2.30. The normalized spacial score (nSPS) is 22.6. The Bertz CT molecular complexity index is 697. The number of nitrogens with one attached hydrogen (secondary N) is 1. The predicted molar refractivity (Wildman–Crippen MR) is 81.6 cm³/mol. The lowest BCUT2D eigenvalue weighted by molar-refractivity contribution is -0.128. The third kappa shape index (κ3) is 2.17. The van der Waals surface area contributed by atoms with Crippen LogP contribution in [0.15, 0.2) is 30.5 Å². The van der Waals surface area contributed by atoms with Gasteiger partial charge in [-0.2, -0.15) is 5.10 Å². The van der Waals surface area contributed by atoms with E-state index in [4.69, 9.17) is 4.74 Å². The number of para-hydroxylation sites is 1. The van der Waals surface area contributed by atoms with Gasteiger partial charge in [0.1, 0.15) is 5.75 Å². The molecule has 1 amide bonds. The van der Waals surface area contributed by atoms with Crippen molar-refractivity contribution in [3.63, 3.8) is 0 Å². The van der Waals surface area contributed by atoms with E-state index in [1.54, 1.807) is 0 Å². The Balaban J connectivity index is 1.48. The van der Waals surface area contributed by atoms with Gasteiger partial charge in [-0.15, -0.1) is 0 Å². The standard InChI is InChI=1S/C17H19N3O2/c1-20-14-7-4-6-13(12(14)10-18-20)19-17(21)16-9-11-5-2-3-8-15(11)22-16/h2-3,5,8,10,13,16H,4,6-7,9H2,1H3,(H,19,21). The molecule has 5 heteroatoms. The number of hydrogen-bond donors (Lipinski definition) is 1. The molecule has 2 aliphatic rings. The second-order valence-electron chi connectivity index (χ2n) is 6.04. The molecule has 4 rings (SSSR count). The molecule has 0 saturated carbocycles. The average Bonchev–Trinajstić information content (AvgIpc) is 3.12. The molecule has 1 aliphatic heterocycles. The molecule has 5 nitrogen and oxygen atoms in total. The number of aromatic nitrogens is 2. The molecule has 0 fully saturated rings. The van der Waals surface area contributed by atoms with Crippen molar-refractivity contribution >= 4 is 5.91 Å². The van der Waals surface area contributed by atoms with E-state index in [1.807, 2.05) is 42.2 Å². The fourth-order valence-electron chi connectivity index (χ4n) is 3.45. The summed E-state index contributed by atoms with van der Waals surface area (Å²) in [5, 5.41) is 7.47. The van der Waals surface area contributed by atoms with Gasteiger partial charge in [0, 0.05) is 24.7 Å². The van der Waals surface area contributed by atoms with Gasteiger partial charge < -0.3 is 10.1 Å². The first-order chi connectivity index (χ1) is 10.7. The number of ether oxygens (including phenoxy) is 1. The second kappa shape index (κ2) is 5.16. The van der Waals surface area contributed by atoms with Gasteiger partial charge in [-0.3, -0.25) is 9.48 Å². The van der Waals surface area contributed by atoms with Crippen LogP contribution in [0.2, 0.25) is 0 Å². The van der Waals surface area contributed by atoms with Crippen LogP contribution in [-0.2, 0) is 24.7 Å². The number of amides is 1. The SMILES string of the molecule is Cn1ncc2c1CCCC2NC(=O)C1Cc2ccccc2O1. The molecule has 1 N–H and O–H groups in total. The van der Waals surface area contributed by atoms with Crippen LogP contribution >= 0.6 is 0 Å². The maximum atomic E-state index is 12.5. The van der Waals surface area contributed by atoms with Gasteiger partial charge in [0.15, 0.2) is 6.10 Å². The number of aryl methyl sites for hydroxylation is 1. The van der Waals surface area contributed by atoms with Crippen molar-refractivity contribution in [1.82, 2.24) is 15.1 Å². The summed E-state index contributed by atoms with van der Waals surface area (Å²) in [7, 11) is 1.96. The topological polar surface area (TPSA) is 56.2 Å². The number of carbonyl (C=O) groups excluding carboxylic acids is 1. The molecule has 1 aromatic heterocycles. The molecule has 22 heavy (non-hydrogen) atoms. The average molecular weight is 297 g/mol. The minimum absolute atomic E-state index is 0.0297. The van der Waals surface area contributed by atoms with Crippen LogP contribution < -0.4 is 10.1 Å². The molecule has 0 bridgehead atoms. The summed E-state index contributed by atoms with van der Waals surface area (Å²) in [6.07, 6.45) is 5.18. The van der Waals surface area contributed by atoms with E-state index < -0.39 is 6.10 Å². The summed E-state index contributed by atoms with van der Waals surface area (Å²) in [4.78, 5) is 12.5. The monoisotopic (exact) mass is 297 g/mol. The second-order valence-corrected chi connectivity index (χ2v) is 6.04. The highest BCUT2D eigenvalue weighted by Gasteiger charge is 2.32. The zero-order chi connectivity index (χ0) is 15.1. The molecule has 2 aromatic rings. The Morgan fingerprint density at radius 1 is 1.41 bits per heavy atom. The smallest absolute Gasteiger partial charge is 0.261 e. The van der Waals surface area contributed by atoms with E-state index in [0.717, 1.165) is 36.1 Å². The van der Waals surface area contributed by atoms with E-state index in [1.165, 1.54) is 5.69 Å². The molecule has 2 unspecified atom stereocenters. The number of nitrogens with zero attached hydrogens (tertiary/aromatic N) is 2. The van der Waals surface area contributed by atoms with Gasteiger partial charge in [0.25, 0.3) is 5.91 Å². The van der Waals surface area contributed by atoms with Crippen molar-refractivity contribution in [1.29, 1.82) is 0 Å². The van der Waals surface area contributed by atoms with Gasteiger partial charge in [-0.05, 0) is 30.9 Å². The van der Waals surface area contributed by atoms with Gasteiger partial charge in [-0.25, -0.2) is 0 Å². The summed E-state index contributed by atoms with van der Waals surface area (Å²) < 4.78 is 7.68. The quantitative estimate of drug-likeness (QED) is 0.921. The lowest BCUT2D eigenvalue weighted by atomic mass is 9.92. The van der Waals surface area contributed by atoms with Crippen LogP contribution in [0.4, 0.5) is 0 Å². The third-order valence-electron chi connectivity index (χ3n) is 4.63. The molecule has 2 heterocycles. The molecular weight excluding hydrogens is 278 g/mol. The highest BCUT2D eigenvalue weighted by molar-refractivity contribution is 5.83. The van der Waals surface area contributed by atoms with Crippen molar-refractivity contribution < 1.29 is 9.53 Å². The highest BCUT2D eigenvalue weighted by Crippen LogP contribution is 2.31. The predicted octanol–water partition coefficient (Wildman–Crippen LogP) is 1.92. The minimum atomic E-state index is -0.417. The molecule has 1 aromatic carbocycles. The first-order valence-electron chi connectivity index (χ1n) is 7.78. The summed E-state index contributed by atoms with van der Waals surface area (Å²) in [5.74, 6) is 0.797. The van der Waals surface area contributed by atoms with Gasteiger partial charge in [0.2, 0.25) is 0 Å². The first-order valence-corrected chi connectivity index (χ1v) is 7.78. The fourth-order valence-corrected chi connectivity index (χ4v) is 3.45. The van der Waals surface area contributed by atoms with Gasteiger partial charge in [-0.1, -0.05) is 18.2 Å². The van der Waals surface area contributed by atoms with E-state index in [-0.39, 0.29) is 11.9 Å². The van der Waals surface area contributed by atoms with E-state index in [2.05, 4.69) is 10.4 Å². The lowest BCUT2D eigenvalue weighted by Gasteiger charge is -2.25. The molecule has 0 spiro atoms. The van der Waals surface area contributed by atoms with Crippen LogP contribution in [0.1, 0.15) is 35.7 Å². The number of rotatable bonds is 2. The molecule has 2 atom stereocenters. The number of carbonyl (C=O) groups is 1. The van der Waals surface area contributed by atoms with E-state index >= 15 is 0 Å². The largest absolute Gasteiger partial charge is 0.480 e. The van der Waals surface area contributed by atoms with Crippen molar-refractivity contribution in [2.45, 2.75) is 37.8 Å². The van der Waals surface area contributed by atoms with Crippen molar-refractivity contribution in [2.75, 3.05) is 0 Å². The summed E-state index contributed by atoms with van der Waals surface area (Å²) in [5.41, 5.74) is 3.48. The maximum Gasteiger partial charge on any atom is 0.261 e. The Labute approximate surface area is 129 Å². The zero-order valence-electron chi connectivity index (χ0n) is 12.6. The molecule has 114 valence electrons. The van der Waals surface area contributed by atoms with Crippen molar-refractivity contribution in [2.24, 2.45) is 7.05 Å². The minimum Gasteiger partial charge on any atom is -0.480 e. The molecular formula is C17H19N3O2. The Morgan fingerprint density at radius 2 is 2.27 bits per heavy atom. The fraction of sp³-hybridized carbons (Fsp3) is 0.412. The van der Waals surface area contributed by atoms with Gasteiger partial charge in [0.05, 0.1) is 12.2 Å². The first kappa shape index (κ1) is 13.4. The van der Waals surface area contributed by atoms with Crippen LogP contribution in [0.25, 0.3) is 0 Å². The number of benzene rings is 1. The van der Waals surface area contributed by atoms with Crippen LogP contribution in [0, 0.1) is 0 Å². The molecule has 0 saturated heterocycles. The van der Waals surface area contributed by atoms with Crippen molar-refractivity contribution in [3.05, 3.63) is 47.3 Å². The summed E-state index contributed by atoms with van der Waals surface area (Å²) >= 11 is 0.